The van der Waals surface area contributed by atoms with Crippen LogP contribution in [0.4, 0.5) is 5.13 Å². The van der Waals surface area contributed by atoms with Gasteiger partial charge in [-0.05, 0) is 24.8 Å². The number of benzene rings is 1. The number of carbonyl (C=O) groups excluding carboxylic acids is 1. The molecule has 9 heteroatoms. The Bertz CT molecular complexity index is 965. The molecule has 0 radical (unpaired) electrons. The van der Waals surface area contributed by atoms with Crippen molar-refractivity contribution >= 4 is 34.1 Å². The van der Waals surface area contributed by atoms with Crippen molar-refractivity contribution < 1.29 is 4.79 Å². The molecule has 0 atom stereocenters. The van der Waals surface area contributed by atoms with Crippen LogP contribution in [0.2, 0.25) is 0 Å². The largest absolute Gasteiger partial charge is 0.301 e. The first-order valence-electron chi connectivity index (χ1n) is 10.4. The number of carbonyl (C=O) groups is 1. The van der Waals surface area contributed by atoms with Gasteiger partial charge in [0.2, 0.25) is 11.0 Å². The van der Waals surface area contributed by atoms with Crippen LogP contribution < -0.4 is 5.32 Å². The fourth-order valence-corrected chi connectivity index (χ4v) is 5.16. The van der Waals surface area contributed by atoms with Crippen LogP contribution in [0.3, 0.4) is 0 Å². The normalized spacial score (nSPS) is 14.7. The molecule has 0 unspecified atom stereocenters. The summed E-state index contributed by atoms with van der Waals surface area (Å²) in [6.45, 7) is 2.74. The number of nitrogens with one attached hydrogen (secondary N) is 1. The number of aryl methyl sites for hydroxylation is 1. The van der Waals surface area contributed by atoms with E-state index in [4.69, 9.17) is 0 Å². The highest BCUT2D eigenvalue weighted by molar-refractivity contribution is 7.99. The van der Waals surface area contributed by atoms with Gasteiger partial charge in [0, 0.05) is 5.92 Å². The fourth-order valence-electron chi connectivity index (χ4n) is 3.72. The van der Waals surface area contributed by atoms with Crippen molar-refractivity contribution in [1.29, 1.82) is 0 Å². The quantitative estimate of drug-likeness (QED) is 0.516. The van der Waals surface area contributed by atoms with Crippen molar-refractivity contribution in [2.45, 2.75) is 63.1 Å². The zero-order chi connectivity index (χ0) is 20.8. The minimum Gasteiger partial charge on any atom is -0.301 e. The Kier molecular flexibility index (Phi) is 7.11. The number of rotatable bonds is 8. The van der Waals surface area contributed by atoms with Gasteiger partial charge in [0.15, 0.2) is 5.16 Å². The second kappa shape index (κ2) is 10.2. The second-order valence-electron chi connectivity index (χ2n) is 7.44. The average molecular weight is 443 g/mol. The van der Waals surface area contributed by atoms with E-state index in [9.17, 15) is 4.79 Å². The first-order chi connectivity index (χ1) is 14.7. The van der Waals surface area contributed by atoms with Crippen molar-refractivity contribution in [3.05, 3.63) is 46.7 Å². The topological polar surface area (TPSA) is 85.6 Å². The molecule has 1 saturated carbocycles. The summed E-state index contributed by atoms with van der Waals surface area (Å²) in [6, 6.07) is 10.4. The highest BCUT2D eigenvalue weighted by Crippen LogP contribution is 2.33. The van der Waals surface area contributed by atoms with E-state index < -0.39 is 0 Å². The lowest BCUT2D eigenvalue weighted by atomic mass is 9.88. The zero-order valence-electron chi connectivity index (χ0n) is 17.1. The maximum absolute atomic E-state index is 12.4. The Hall–Kier alpha value is -2.26. The van der Waals surface area contributed by atoms with Crippen LogP contribution in [0.1, 0.15) is 61.3 Å². The van der Waals surface area contributed by atoms with Gasteiger partial charge in [-0.2, -0.15) is 0 Å². The summed E-state index contributed by atoms with van der Waals surface area (Å²) in [7, 11) is 0. The summed E-state index contributed by atoms with van der Waals surface area (Å²) >= 11 is 2.84. The Morgan fingerprint density at radius 2 is 1.93 bits per heavy atom. The molecule has 4 rings (SSSR count). The third-order valence-electron chi connectivity index (χ3n) is 5.25. The van der Waals surface area contributed by atoms with E-state index in [0.29, 0.717) is 11.0 Å². The summed E-state index contributed by atoms with van der Waals surface area (Å²) in [5, 5.41) is 22.2. The smallest absolute Gasteiger partial charge is 0.236 e. The lowest BCUT2D eigenvalue weighted by molar-refractivity contribution is -0.113. The molecule has 2 aromatic heterocycles. The molecule has 1 amide bonds. The number of nitrogens with zero attached hydrogens (tertiary/aromatic N) is 5. The van der Waals surface area contributed by atoms with Gasteiger partial charge in [-0.15, -0.1) is 20.4 Å². The van der Waals surface area contributed by atoms with Crippen LogP contribution in [-0.4, -0.2) is 36.6 Å². The molecule has 1 fully saturated rings. The number of hydrogen-bond donors (Lipinski definition) is 1. The van der Waals surface area contributed by atoms with Gasteiger partial charge in [-0.25, -0.2) is 0 Å². The summed E-state index contributed by atoms with van der Waals surface area (Å²) in [4.78, 5) is 12.4. The van der Waals surface area contributed by atoms with Gasteiger partial charge in [-0.3, -0.25) is 10.1 Å². The van der Waals surface area contributed by atoms with E-state index >= 15 is 0 Å². The lowest BCUT2D eigenvalue weighted by Gasteiger charge is -2.22. The van der Waals surface area contributed by atoms with E-state index in [1.807, 2.05) is 25.1 Å². The van der Waals surface area contributed by atoms with Crippen LogP contribution in [-0.2, 0) is 17.8 Å². The van der Waals surface area contributed by atoms with Crippen LogP contribution in [0.25, 0.3) is 0 Å². The van der Waals surface area contributed by atoms with Crippen molar-refractivity contribution in [2.24, 2.45) is 0 Å². The number of thioether (sulfide) groups is 1. The molecular weight excluding hydrogens is 416 g/mol. The number of anilines is 1. The monoisotopic (exact) mass is 442 g/mol. The molecule has 158 valence electrons. The number of amides is 1. The van der Waals surface area contributed by atoms with Crippen LogP contribution >= 0.6 is 23.1 Å². The molecule has 1 aliphatic rings. The molecule has 0 spiro atoms. The predicted octanol–water partition coefficient (Wildman–Crippen LogP) is 4.52. The average Bonchev–Trinajstić information content (AvgIpc) is 3.40. The van der Waals surface area contributed by atoms with Gasteiger partial charge >= 0.3 is 0 Å². The summed E-state index contributed by atoms with van der Waals surface area (Å²) < 4.78 is 2.20. The molecule has 0 saturated heterocycles. The molecule has 3 aromatic rings. The Balaban J connectivity index is 1.47. The standard InChI is InChI=1S/C21H26N6OS2/c1-2-18-23-25-20(30-18)22-17(28)14-29-21-26-24-19(16-11-7-4-8-12-16)27(21)13-15-9-5-3-6-10-15/h3,5-6,9-10,16H,2,4,7-8,11-14H2,1H3,(H,22,25,28). The van der Waals surface area contributed by atoms with E-state index in [0.717, 1.165) is 41.8 Å². The van der Waals surface area contributed by atoms with E-state index in [1.54, 1.807) is 0 Å². The van der Waals surface area contributed by atoms with Crippen molar-refractivity contribution in [3.63, 3.8) is 0 Å². The first kappa shape index (κ1) is 21.0. The van der Waals surface area contributed by atoms with Crippen LogP contribution in [0.5, 0.6) is 0 Å². The van der Waals surface area contributed by atoms with E-state index in [-0.39, 0.29) is 11.7 Å². The SMILES string of the molecule is CCc1nnc(NC(=O)CSc2nnc(C3CCCCC3)n2Cc2ccccc2)s1. The molecule has 1 N–H and O–H groups in total. The van der Waals surface area contributed by atoms with E-state index in [1.165, 1.54) is 47.9 Å². The minimum absolute atomic E-state index is 0.104. The van der Waals surface area contributed by atoms with Gasteiger partial charge in [0.25, 0.3) is 0 Å². The maximum Gasteiger partial charge on any atom is 0.236 e. The first-order valence-corrected chi connectivity index (χ1v) is 12.2. The highest BCUT2D eigenvalue weighted by Gasteiger charge is 2.24. The Morgan fingerprint density at radius 1 is 1.13 bits per heavy atom. The Morgan fingerprint density at radius 3 is 2.67 bits per heavy atom. The summed E-state index contributed by atoms with van der Waals surface area (Å²) in [6.07, 6.45) is 6.93. The zero-order valence-corrected chi connectivity index (χ0v) is 18.7. The second-order valence-corrected chi connectivity index (χ2v) is 9.44. The third kappa shape index (κ3) is 5.26. The van der Waals surface area contributed by atoms with Crippen molar-refractivity contribution in [3.8, 4) is 0 Å². The fraction of sp³-hybridized carbons (Fsp3) is 0.476. The molecular formula is C21H26N6OS2. The molecule has 2 heterocycles. The molecule has 0 bridgehead atoms. The van der Waals surface area contributed by atoms with Gasteiger partial charge in [0.05, 0.1) is 12.3 Å². The molecule has 1 aromatic carbocycles. The summed E-state index contributed by atoms with van der Waals surface area (Å²) in [5.41, 5.74) is 1.21. The minimum atomic E-state index is -0.104. The van der Waals surface area contributed by atoms with Crippen LogP contribution in [0, 0.1) is 0 Å². The Labute approximate surface area is 184 Å². The molecule has 0 aliphatic heterocycles. The maximum atomic E-state index is 12.4. The molecule has 30 heavy (non-hydrogen) atoms. The van der Waals surface area contributed by atoms with Crippen LogP contribution in [0.15, 0.2) is 35.5 Å². The number of aromatic nitrogens is 5. The predicted molar refractivity (Wildman–Crippen MR) is 120 cm³/mol. The van der Waals surface area contributed by atoms with Crippen molar-refractivity contribution in [2.75, 3.05) is 11.1 Å². The van der Waals surface area contributed by atoms with Gasteiger partial charge in [0.1, 0.15) is 10.8 Å². The summed E-state index contributed by atoms with van der Waals surface area (Å²) in [5.74, 6) is 1.66. The molecule has 1 aliphatic carbocycles. The van der Waals surface area contributed by atoms with E-state index in [2.05, 4.69) is 42.4 Å². The van der Waals surface area contributed by atoms with Crippen molar-refractivity contribution in [1.82, 2.24) is 25.0 Å². The third-order valence-corrected chi connectivity index (χ3v) is 7.20. The lowest BCUT2D eigenvalue weighted by Crippen LogP contribution is -2.16. The van der Waals surface area contributed by atoms with Gasteiger partial charge in [-0.1, -0.05) is 79.6 Å². The molecule has 7 nitrogen and oxygen atoms in total. The van der Waals surface area contributed by atoms with Gasteiger partial charge < -0.3 is 4.57 Å². The highest BCUT2D eigenvalue weighted by atomic mass is 32.2. The number of hydrogen-bond acceptors (Lipinski definition) is 7.